The summed E-state index contributed by atoms with van der Waals surface area (Å²) >= 11 is 0. The third-order valence-corrected chi connectivity index (χ3v) is 2.10. The first-order valence-electron chi connectivity index (χ1n) is 4.65. The van der Waals surface area contributed by atoms with Gasteiger partial charge in [0, 0.05) is 6.08 Å². The molecule has 0 fully saturated rings. The SMILES string of the molecule is CCC[C@H]1OC(=O)C=C1CC(=O)OC. The molecule has 1 aliphatic rings. The number of carbonyl (C=O) groups is 2. The van der Waals surface area contributed by atoms with Crippen LogP contribution in [-0.2, 0) is 19.1 Å². The van der Waals surface area contributed by atoms with Crippen LogP contribution in [-0.4, -0.2) is 25.2 Å². The van der Waals surface area contributed by atoms with Crippen LogP contribution in [0, 0.1) is 0 Å². The fourth-order valence-corrected chi connectivity index (χ4v) is 1.40. The Labute approximate surface area is 82.9 Å². The molecular formula is C10H14O4. The molecule has 0 N–H and O–H groups in total. The molecule has 1 atom stereocenters. The highest BCUT2D eigenvalue weighted by atomic mass is 16.5. The normalized spacial score (nSPS) is 20.3. The number of cyclic esters (lactones) is 1. The lowest BCUT2D eigenvalue weighted by Crippen LogP contribution is -2.14. The average molecular weight is 198 g/mol. The third kappa shape index (κ3) is 2.58. The first-order valence-corrected chi connectivity index (χ1v) is 4.65. The van der Waals surface area contributed by atoms with Crippen molar-refractivity contribution in [2.24, 2.45) is 0 Å². The summed E-state index contributed by atoms with van der Waals surface area (Å²) in [5, 5.41) is 0. The number of hydrogen-bond acceptors (Lipinski definition) is 4. The van der Waals surface area contributed by atoms with Gasteiger partial charge in [-0.05, 0) is 12.0 Å². The summed E-state index contributed by atoms with van der Waals surface area (Å²) in [5.41, 5.74) is 0.726. The quantitative estimate of drug-likeness (QED) is 0.637. The minimum atomic E-state index is -0.359. The molecule has 1 rings (SSSR count). The Morgan fingerprint density at radius 1 is 1.64 bits per heavy atom. The predicted octanol–water partition coefficient (Wildman–Crippen LogP) is 1.20. The van der Waals surface area contributed by atoms with Crippen molar-refractivity contribution in [1.82, 2.24) is 0 Å². The van der Waals surface area contributed by atoms with Gasteiger partial charge in [-0.25, -0.2) is 4.79 Å². The van der Waals surface area contributed by atoms with Crippen molar-refractivity contribution in [3.63, 3.8) is 0 Å². The molecule has 14 heavy (non-hydrogen) atoms. The minimum Gasteiger partial charge on any atom is -0.469 e. The van der Waals surface area contributed by atoms with E-state index in [0.717, 1.165) is 18.4 Å². The monoisotopic (exact) mass is 198 g/mol. The van der Waals surface area contributed by atoms with Gasteiger partial charge < -0.3 is 9.47 Å². The maximum absolute atomic E-state index is 11.0. The van der Waals surface area contributed by atoms with Crippen molar-refractivity contribution in [3.05, 3.63) is 11.6 Å². The van der Waals surface area contributed by atoms with Gasteiger partial charge in [-0.1, -0.05) is 13.3 Å². The highest BCUT2D eigenvalue weighted by Gasteiger charge is 2.26. The second-order valence-corrected chi connectivity index (χ2v) is 3.19. The fraction of sp³-hybridized carbons (Fsp3) is 0.600. The number of esters is 2. The molecule has 0 radical (unpaired) electrons. The number of rotatable bonds is 4. The topological polar surface area (TPSA) is 52.6 Å². The molecule has 0 aromatic carbocycles. The molecule has 78 valence electrons. The largest absolute Gasteiger partial charge is 0.469 e. The average Bonchev–Trinajstić information content (AvgIpc) is 2.47. The predicted molar refractivity (Wildman–Crippen MR) is 49.5 cm³/mol. The molecular weight excluding hydrogens is 184 g/mol. The minimum absolute atomic E-state index is 0.146. The van der Waals surface area contributed by atoms with E-state index in [-0.39, 0.29) is 24.5 Å². The van der Waals surface area contributed by atoms with Gasteiger partial charge in [0.15, 0.2) is 0 Å². The van der Waals surface area contributed by atoms with Gasteiger partial charge in [-0.15, -0.1) is 0 Å². The number of methoxy groups -OCH3 is 1. The van der Waals surface area contributed by atoms with E-state index < -0.39 is 0 Å². The van der Waals surface area contributed by atoms with Crippen LogP contribution >= 0.6 is 0 Å². The fourth-order valence-electron chi connectivity index (χ4n) is 1.40. The van der Waals surface area contributed by atoms with Crippen LogP contribution in [0.5, 0.6) is 0 Å². The van der Waals surface area contributed by atoms with Crippen molar-refractivity contribution in [2.75, 3.05) is 7.11 Å². The van der Waals surface area contributed by atoms with E-state index in [4.69, 9.17) is 4.74 Å². The molecule has 0 bridgehead atoms. The zero-order valence-corrected chi connectivity index (χ0v) is 8.41. The van der Waals surface area contributed by atoms with Gasteiger partial charge in [0.25, 0.3) is 0 Å². The van der Waals surface area contributed by atoms with E-state index in [1.807, 2.05) is 6.92 Å². The molecule has 4 nitrogen and oxygen atoms in total. The van der Waals surface area contributed by atoms with Gasteiger partial charge in [0.05, 0.1) is 13.5 Å². The standard InChI is InChI=1S/C10H14O4/c1-3-4-8-7(5-9(11)13-2)6-10(12)14-8/h6,8H,3-5H2,1-2H3/t8-/m1/s1. The Morgan fingerprint density at radius 2 is 2.36 bits per heavy atom. The van der Waals surface area contributed by atoms with Crippen LogP contribution in [0.3, 0.4) is 0 Å². The number of ether oxygens (including phenoxy) is 2. The highest BCUT2D eigenvalue weighted by Crippen LogP contribution is 2.22. The second kappa shape index (κ2) is 4.79. The second-order valence-electron chi connectivity index (χ2n) is 3.19. The molecule has 4 heteroatoms. The van der Waals surface area contributed by atoms with Gasteiger partial charge >= 0.3 is 11.9 Å². The van der Waals surface area contributed by atoms with Crippen molar-refractivity contribution in [1.29, 1.82) is 0 Å². The number of hydrogen-bond donors (Lipinski definition) is 0. The van der Waals surface area contributed by atoms with E-state index in [0.29, 0.717) is 0 Å². The van der Waals surface area contributed by atoms with Crippen molar-refractivity contribution in [3.8, 4) is 0 Å². The van der Waals surface area contributed by atoms with E-state index in [1.165, 1.54) is 13.2 Å². The molecule has 0 amide bonds. The zero-order chi connectivity index (χ0) is 10.6. The Bertz CT molecular complexity index is 267. The smallest absolute Gasteiger partial charge is 0.331 e. The first kappa shape index (κ1) is 10.8. The van der Waals surface area contributed by atoms with Crippen LogP contribution in [0.4, 0.5) is 0 Å². The molecule has 1 aliphatic heterocycles. The van der Waals surface area contributed by atoms with Crippen molar-refractivity contribution < 1.29 is 19.1 Å². The third-order valence-electron chi connectivity index (χ3n) is 2.10. The van der Waals surface area contributed by atoms with E-state index in [1.54, 1.807) is 0 Å². The highest BCUT2D eigenvalue weighted by molar-refractivity contribution is 5.87. The molecule has 0 saturated carbocycles. The van der Waals surface area contributed by atoms with E-state index in [2.05, 4.69) is 4.74 Å². The lowest BCUT2D eigenvalue weighted by molar-refractivity contribution is -0.142. The van der Waals surface area contributed by atoms with Gasteiger partial charge in [-0.2, -0.15) is 0 Å². The maximum atomic E-state index is 11.0. The van der Waals surface area contributed by atoms with Gasteiger partial charge in [0.2, 0.25) is 0 Å². The molecule has 0 aromatic heterocycles. The van der Waals surface area contributed by atoms with Gasteiger partial charge in [-0.3, -0.25) is 4.79 Å². The molecule has 0 unspecified atom stereocenters. The Hall–Kier alpha value is -1.32. The van der Waals surface area contributed by atoms with Crippen molar-refractivity contribution in [2.45, 2.75) is 32.3 Å². The van der Waals surface area contributed by atoms with Crippen molar-refractivity contribution >= 4 is 11.9 Å². The van der Waals surface area contributed by atoms with Crippen LogP contribution in [0.2, 0.25) is 0 Å². The number of carbonyl (C=O) groups excluding carboxylic acids is 2. The molecule has 0 aliphatic carbocycles. The lowest BCUT2D eigenvalue weighted by Gasteiger charge is -2.11. The first-order chi connectivity index (χ1) is 6.67. The van der Waals surface area contributed by atoms with Crippen LogP contribution in [0.15, 0.2) is 11.6 Å². The Balaban J connectivity index is 2.59. The molecule has 1 heterocycles. The summed E-state index contributed by atoms with van der Waals surface area (Å²) in [7, 11) is 1.33. The summed E-state index contributed by atoms with van der Waals surface area (Å²) in [6.45, 7) is 2.00. The van der Waals surface area contributed by atoms with Crippen LogP contribution < -0.4 is 0 Å². The van der Waals surface area contributed by atoms with E-state index >= 15 is 0 Å². The van der Waals surface area contributed by atoms with Crippen LogP contribution in [0.25, 0.3) is 0 Å². The summed E-state index contributed by atoms with van der Waals surface area (Å²) < 4.78 is 9.55. The summed E-state index contributed by atoms with van der Waals surface area (Å²) in [5.74, 6) is -0.696. The maximum Gasteiger partial charge on any atom is 0.331 e. The van der Waals surface area contributed by atoms with E-state index in [9.17, 15) is 9.59 Å². The molecule has 0 aromatic rings. The van der Waals surface area contributed by atoms with Crippen LogP contribution in [0.1, 0.15) is 26.2 Å². The Kier molecular flexibility index (Phi) is 3.68. The Morgan fingerprint density at radius 3 is 2.93 bits per heavy atom. The lowest BCUT2D eigenvalue weighted by atomic mass is 10.0. The van der Waals surface area contributed by atoms with Gasteiger partial charge in [0.1, 0.15) is 6.10 Å². The molecule has 0 saturated heterocycles. The molecule has 0 spiro atoms. The summed E-state index contributed by atoms with van der Waals surface area (Å²) in [6.07, 6.45) is 2.97. The summed E-state index contributed by atoms with van der Waals surface area (Å²) in [6, 6.07) is 0. The zero-order valence-electron chi connectivity index (χ0n) is 8.41. The summed E-state index contributed by atoms with van der Waals surface area (Å²) in [4.78, 5) is 22.0.